The third-order valence-electron chi connectivity index (χ3n) is 3.04. The molecule has 1 saturated heterocycles. The second-order valence-electron chi connectivity index (χ2n) is 4.68. The van der Waals surface area contributed by atoms with Crippen LogP contribution < -0.4 is 16.0 Å². The van der Waals surface area contributed by atoms with Gasteiger partial charge in [-0.15, -0.1) is 11.3 Å². The van der Waals surface area contributed by atoms with E-state index >= 15 is 0 Å². The molecule has 2 heterocycles. The fraction of sp³-hybridized carbons (Fsp3) is 0.500. The summed E-state index contributed by atoms with van der Waals surface area (Å²) in [5.41, 5.74) is -0.925. The van der Waals surface area contributed by atoms with Crippen molar-refractivity contribution in [1.82, 2.24) is 25.8 Å². The van der Waals surface area contributed by atoms with Crippen molar-refractivity contribution in [3.8, 4) is 0 Å². The first-order valence-corrected chi connectivity index (χ1v) is 7.73. The van der Waals surface area contributed by atoms with Gasteiger partial charge in [-0.05, 0) is 0 Å². The summed E-state index contributed by atoms with van der Waals surface area (Å²) in [5.74, 6) is 0.0121. The summed E-state index contributed by atoms with van der Waals surface area (Å²) < 4.78 is 37.4. The lowest BCUT2D eigenvalue weighted by molar-refractivity contribution is -0.140. The first-order valence-electron chi connectivity index (χ1n) is 6.85. The van der Waals surface area contributed by atoms with Crippen molar-refractivity contribution in [2.75, 3.05) is 26.7 Å². The molecule has 1 aromatic heterocycles. The Labute approximate surface area is 139 Å². The average molecular weight is 364 g/mol. The van der Waals surface area contributed by atoms with E-state index in [9.17, 15) is 22.8 Å². The van der Waals surface area contributed by atoms with Crippen molar-refractivity contribution >= 4 is 29.2 Å². The monoisotopic (exact) mass is 364 g/mol. The third-order valence-corrected chi connectivity index (χ3v) is 3.89. The highest BCUT2D eigenvalue weighted by atomic mass is 32.1. The molecule has 0 bridgehead atoms. The first kappa shape index (κ1) is 18.0. The minimum Gasteiger partial charge on any atom is -0.355 e. The second-order valence-corrected chi connectivity index (χ2v) is 5.62. The highest BCUT2D eigenvalue weighted by Gasteiger charge is 2.33. The van der Waals surface area contributed by atoms with Crippen LogP contribution in [0.25, 0.3) is 0 Å². The van der Waals surface area contributed by atoms with Gasteiger partial charge in [0.05, 0.1) is 13.1 Å². The van der Waals surface area contributed by atoms with Crippen molar-refractivity contribution in [3.63, 3.8) is 0 Å². The predicted molar refractivity (Wildman–Crippen MR) is 80.4 cm³/mol. The van der Waals surface area contributed by atoms with Gasteiger partial charge in [-0.25, -0.2) is 9.78 Å². The van der Waals surface area contributed by atoms with E-state index in [0.717, 1.165) is 21.6 Å². The molecular weight excluding hydrogens is 349 g/mol. The molecule has 24 heavy (non-hydrogen) atoms. The maximum absolute atomic E-state index is 12.5. The Morgan fingerprint density at radius 1 is 1.46 bits per heavy atom. The molecule has 12 heteroatoms. The number of hydrogen-bond donors (Lipinski definition) is 3. The van der Waals surface area contributed by atoms with E-state index in [1.165, 1.54) is 7.05 Å². The van der Waals surface area contributed by atoms with Crippen LogP contribution in [0.1, 0.15) is 10.7 Å². The highest BCUT2D eigenvalue weighted by Crippen LogP contribution is 2.29. The molecule has 0 atom stereocenters. The summed E-state index contributed by atoms with van der Waals surface area (Å²) in [6.07, 6.45) is -4.46. The van der Waals surface area contributed by atoms with Crippen LogP contribution in [0.3, 0.4) is 0 Å². The lowest BCUT2D eigenvalue weighted by Gasteiger charge is -2.15. The third kappa shape index (κ3) is 4.57. The Bertz CT molecular complexity index is 629. The number of amides is 3. The Hall–Kier alpha value is -2.37. The van der Waals surface area contributed by atoms with E-state index in [1.54, 1.807) is 0 Å². The number of hydrogen-bond acceptors (Lipinski definition) is 5. The SMILES string of the molecule is CN=C(NCCN1C(=O)CNC1=O)NCc1nc(C(F)(F)F)cs1. The number of aliphatic imine (C=N–C) groups is 1. The molecule has 0 aromatic carbocycles. The summed E-state index contributed by atoms with van der Waals surface area (Å²) in [6.45, 7) is 0.465. The topological polar surface area (TPSA) is 98.7 Å². The molecule has 3 amide bonds. The standard InChI is InChI=1S/C12H15F3N6O2S/c1-16-10(17-2-3-21-9(22)5-19-11(21)23)18-4-8-20-7(6-24-8)12(13,14)15/h6H,2-5H2,1H3,(H,19,23)(H2,16,17,18). The normalized spacial score (nSPS) is 15.7. The fourth-order valence-corrected chi connectivity index (χ4v) is 2.61. The molecule has 1 aliphatic rings. The van der Waals surface area contributed by atoms with Crippen molar-refractivity contribution in [3.05, 3.63) is 16.1 Å². The molecule has 1 aromatic rings. The number of carbonyl (C=O) groups excluding carboxylic acids is 2. The van der Waals surface area contributed by atoms with Gasteiger partial charge in [-0.3, -0.25) is 14.7 Å². The average Bonchev–Trinajstić information content (AvgIpc) is 3.11. The summed E-state index contributed by atoms with van der Waals surface area (Å²) in [6, 6.07) is -0.452. The van der Waals surface area contributed by atoms with Gasteiger partial charge in [0.25, 0.3) is 0 Å². The van der Waals surface area contributed by atoms with E-state index in [0.29, 0.717) is 5.96 Å². The number of carbonyl (C=O) groups is 2. The van der Waals surface area contributed by atoms with Gasteiger partial charge in [0.1, 0.15) is 5.01 Å². The zero-order valence-electron chi connectivity index (χ0n) is 12.6. The van der Waals surface area contributed by atoms with E-state index in [4.69, 9.17) is 0 Å². The molecule has 1 fully saturated rings. The molecule has 8 nitrogen and oxygen atoms in total. The summed E-state index contributed by atoms with van der Waals surface area (Å²) in [7, 11) is 1.49. The number of nitrogens with zero attached hydrogens (tertiary/aromatic N) is 3. The van der Waals surface area contributed by atoms with Crippen LogP contribution in [-0.2, 0) is 17.5 Å². The molecule has 1 aliphatic heterocycles. The number of guanidine groups is 1. The van der Waals surface area contributed by atoms with E-state index < -0.39 is 17.9 Å². The van der Waals surface area contributed by atoms with Crippen LogP contribution in [0.2, 0.25) is 0 Å². The van der Waals surface area contributed by atoms with Crippen LogP contribution in [0, 0.1) is 0 Å². The van der Waals surface area contributed by atoms with Crippen LogP contribution >= 0.6 is 11.3 Å². The van der Waals surface area contributed by atoms with Gasteiger partial charge in [0, 0.05) is 25.5 Å². The Balaban J connectivity index is 1.77. The number of urea groups is 1. The Morgan fingerprint density at radius 3 is 2.75 bits per heavy atom. The quantitative estimate of drug-likeness (QED) is 0.399. The summed E-state index contributed by atoms with van der Waals surface area (Å²) in [5, 5.41) is 9.29. The van der Waals surface area contributed by atoms with Crippen LogP contribution in [0.4, 0.5) is 18.0 Å². The number of imide groups is 1. The minimum absolute atomic E-state index is 0.0165. The molecule has 0 unspecified atom stereocenters. The molecule has 3 N–H and O–H groups in total. The Kier molecular flexibility index (Phi) is 5.59. The maximum atomic E-state index is 12.5. The van der Waals surface area contributed by atoms with Gasteiger partial charge in [-0.1, -0.05) is 0 Å². The van der Waals surface area contributed by atoms with E-state index in [1.807, 2.05) is 0 Å². The van der Waals surface area contributed by atoms with Crippen molar-refractivity contribution in [2.24, 2.45) is 4.99 Å². The molecule has 0 aliphatic carbocycles. The predicted octanol–water partition coefficient (Wildman–Crippen LogP) is 0.379. The number of thiazole rings is 1. The van der Waals surface area contributed by atoms with Gasteiger partial charge < -0.3 is 16.0 Å². The fourth-order valence-electron chi connectivity index (χ4n) is 1.87. The largest absolute Gasteiger partial charge is 0.434 e. The van der Waals surface area contributed by atoms with Gasteiger partial charge >= 0.3 is 12.2 Å². The van der Waals surface area contributed by atoms with Gasteiger partial charge in [-0.2, -0.15) is 13.2 Å². The molecule has 132 valence electrons. The number of nitrogens with one attached hydrogen (secondary N) is 3. The van der Waals surface area contributed by atoms with Gasteiger partial charge in [0.2, 0.25) is 5.91 Å². The number of rotatable bonds is 5. The molecule has 2 rings (SSSR count). The number of halogens is 3. The second kappa shape index (κ2) is 7.47. The molecular formula is C12H15F3N6O2S. The van der Waals surface area contributed by atoms with Gasteiger partial charge in [0.15, 0.2) is 11.7 Å². The molecule has 0 saturated carbocycles. The van der Waals surface area contributed by atoms with Crippen molar-refractivity contribution in [2.45, 2.75) is 12.7 Å². The Morgan fingerprint density at radius 2 is 2.21 bits per heavy atom. The number of aromatic nitrogens is 1. The zero-order chi connectivity index (χ0) is 17.7. The summed E-state index contributed by atoms with van der Waals surface area (Å²) >= 11 is 0.892. The maximum Gasteiger partial charge on any atom is 0.434 e. The molecule has 0 spiro atoms. The number of alkyl halides is 3. The van der Waals surface area contributed by atoms with Crippen LogP contribution in [0.5, 0.6) is 0 Å². The molecule has 0 radical (unpaired) electrons. The lowest BCUT2D eigenvalue weighted by atomic mass is 10.5. The van der Waals surface area contributed by atoms with Crippen LogP contribution in [0.15, 0.2) is 10.4 Å². The summed E-state index contributed by atoms with van der Waals surface area (Å²) in [4.78, 5) is 31.2. The van der Waals surface area contributed by atoms with Crippen molar-refractivity contribution < 1.29 is 22.8 Å². The van der Waals surface area contributed by atoms with E-state index in [2.05, 4.69) is 25.9 Å². The van der Waals surface area contributed by atoms with Crippen LogP contribution in [-0.4, -0.2) is 54.5 Å². The van der Waals surface area contributed by atoms with E-state index in [-0.39, 0.29) is 37.1 Å². The zero-order valence-corrected chi connectivity index (χ0v) is 13.4. The first-order chi connectivity index (χ1) is 11.3. The lowest BCUT2D eigenvalue weighted by Crippen LogP contribution is -2.43. The smallest absolute Gasteiger partial charge is 0.355 e. The highest BCUT2D eigenvalue weighted by molar-refractivity contribution is 7.09. The minimum atomic E-state index is -4.46. The van der Waals surface area contributed by atoms with Crippen molar-refractivity contribution in [1.29, 1.82) is 0 Å².